The highest BCUT2D eigenvalue weighted by Gasteiger charge is 2.15. The van der Waals surface area contributed by atoms with Crippen molar-refractivity contribution in [2.75, 3.05) is 24.3 Å². The molecule has 0 aliphatic heterocycles. The summed E-state index contributed by atoms with van der Waals surface area (Å²) in [6.07, 6.45) is 3.32. The molecule has 2 N–H and O–H groups in total. The van der Waals surface area contributed by atoms with Gasteiger partial charge < -0.3 is 10.2 Å². The highest BCUT2D eigenvalue weighted by Crippen LogP contribution is 2.23. The monoisotopic (exact) mass is 281 g/mol. The van der Waals surface area contributed by atoms with Crippen LogP contribution in [0.1, 0.15) is 10.5 Å². The first-order valence-electron chi connectivity index (χ1n) is 6.52. The second kappa shape index (κ2) is 5.24. The van der Waals surface area contributed by atoms with Crippen LogP contribution in [-0.4, -0.2) is 35.2 Å². The van der Waals surface area contributed by atoms with Crippen LogP contribution in [0.5, 0.6) is 0 Å². The summed E-state index contributed by atoms with van der Waals surface area (Å²) in [5.74, 6) is -0.261. The first kappa shape index (κ1) is 13.1. The number of pyridine rings is 1. The summed E-state index contributed by atoms with van der Waals surface area (Å²) < 4.78 is 0. The van der Waals surface area contributed by atoms with Crippen LogP contribution in [0.25, 0.3) is 10.9 Å². The minimum absolute atomic E-state index is 0.261. The maximum atomic E-state index is 12.4. The summed E-state index contributed by atoms with van der Waals surface area (Å²) in [6.45, 7) is 0. The maximum absolute atomic E-state index is 12.4. The maximum Gasteiger partial charge on any atom is 0.276 e. The number of anilines is 2. The molecule has 0 atom stereocenters. The zero-order valence-corrected chi connectivity index (χ0v) is 11.8. The van der Waals surface area contributed by atoms with Crippen molar-refractivity contribution in [2.45, 2.75) is 0 Å². The number of nitrogens with zero attached hydrogens (tertiary/aromatic N) is 3. The minimum Gasteiger partial charge on any atom is -0.376 e. The van der Waals surface area contributed by atoms with Gasteiger partial charge in [-0.15, -0.1) is 0 Å². The van der Waals surface area contributed by atoms with E-state index in [2.05, 4.69) is 20.5 Å². The number of amides is 1. The molecule has 2 heterocycles. The second-order valence-corrected chi connectivity index (χ2v) is 4.86. The highest BCUT2D eigenvalue weighted by molar-refractivity contribution is 6.11. The highest BCUT2D eigenvalue weighted by atomic mass is 16.2. The number of hydrogen-bond acceptors (Lipinski definition) is 4. The van der Waals surface area contributed by atoms with Gasteiger partial charge in [0.2, 0.25) is 0 Å². The molecule has 0 saturated carbocycles. The molecule has 0 spiro atoms. The van der Waals surface area contributed by atoms with Crippen molar-refractivity contribution in [1.29, 1.82) is 0 Å². The number of hydrogen-bond donors (Lipinski definition) is 2. The third kappa shape index (κ3) is 2.43. The number of aromatic amines is 1. The Bertz CT molecular complexity index is 793. The van der Waals surface area contributed by atoms with Crippen LogP contribution in [0, 0.1) is 0 Å². The molecule has 106 valence electrons. The van der Waals surface area contributed by atoms with E-state index in [1.165, 1.54) is 0 Å². The first-order valence-corrected chi connectivity index (χ1v) is 6.52. The molecule has 0 bridgehead atoms. The van der Waals surface area contributed by atoms with Crippen LogP contribution in [0.4, 0.5) is 11.4 Å². The Morgan fingerprint density at radius 2 is 2.05 bits per heavy atom. The van der Waals surface area contributed by atoms with Gasteiger partial charge in [0.05, 0.1) is 23.1 Å². The molecular formula is C15H15N5O. The fourth-order valence-corrected chi connectivity index (χ4v) is 2.19. The number of carbonyl (C=O) groups is 1. The van der Waals surface area contributed by atoms with E-state index >= 15 is 0 Å². The van der Waals surface area contributed by atoms with Crippen LogP contribution >= 0.6 is 0 Å². The van der Waals surface area contributed by atoms with E-state index in [4.69, 9.17) is 0 Å². The number of nitrogens with one attached hydrogen (secondary N) is 2. The molecule has 0 fully saturated rings. The predicted molar refractivity (Wildman–Crippen MR) is 82.6 cm³/mol. The van der Waals surface area contributed by atoms with Crippen LogP contribution in [0.2, 0.25) is 0 Å². The fraction of sp³-hybridized carbons (Fsp3) is 0.133. The Morgan fingerprint density at radius 3 is 2.86 bits per heavy atom. The normalized spacial score (nSPS) is 10.6. The van der Waals surface area contributed by atoms with E-state index < -0.39 is 0 Å². The van der Waals surface area contributed by atoms with E-state index in [0.717, 1.165) is 16.6 Å². The largest absolute Gasteiger partial charge is 0.376 e. The summed E-state index contributed by atoms with van der Waals surface area (Å²) in [4.78, 5) is 18.4. The molecule has 1 aromatic carbocycles. The Morgan fingerprint density at radius 1 is 1.24 bits per heavy atom. The van der Waals surface area contributed by atoms with E-state index in [9.17, 15) is 4.79 Å². The number of H-pyrrole nitrogens is 1. The lowest BCUT2D eigenvalue weighted by Crippen LogP contribution is -2.17. The number of rotatable bonds is 3. The number of benzene rings is 1. The van der Waals surface area contributed by atoms with Gasteiger partial charge in [-0.2, -0.15) is 5.10 Å². The average Bonchev–Trinajstić information content (AvgIpc) is 2.91. The Kier molecular flexibility index (Phi) is 3.27. The number of aromatic nitrogens is 3. The van der Waals surface area contributed by atoms with Gasteiger partial charge in [0, 0.05) is 25.7 Å². The SMILES string of the molecule is CN(C)c1ccncc1NC(=O)c1n[nH]c2ccccc12. The van der Waals surface area contributed by atoms with Gasteiger partial charge in [-0.1, -0.05) is 18.2 Å². The Labute approximate surface area is 121 Å². The molecule has 0 saturated heterocycles. The number of carbonyl (C=O) groups excluding carboxylic acids is 1. The van der Waals surface area contributed by atoms with Gasteiger partial charge in [0.15, 0.2) is 5.69 Å². The number of para-hydroxylation sites is 1. The second-order valence-electron chi connectivity index (χ2n) is 4.86. The molecule has 0 aliphatic carbocycles. The van der Waals surface area contributed by atoms with Crippen molar-refractivity contribution in [3.63, 3.8) is 0 Å². The lowest BCUT2D eigenvalue weighted by Gasteiger charge is -2.16. The van der Waals surface area contributed by atoms with E-state index in [-0.39, 0.29) is 5.91 Å². The van der Waals surface area contributed by atoms with Gasteiger partial charge in [-0.05, 0) is 12.1 Å². The lowest BCUT2D eigenvalue weighted by atomic mass is 10.2. The number of fused-ring (bicyclic) bond motifs is 1. The predicted octanol–water partition coefficient (Wildman–Crippen LogP) is 2.28. The zero-order chi connectivity index (χ0) is 14.8. The van der Waals surface area contributed by atoms with Crippen molar-refractivity contribution in [1.82, 2.24) is 15.2 Å². The quantitative estimate of drug-likeness (QED) is 0.772. The van der Waals surface area contributed by atoms with E-state index in [0.29, 0.717) is 11.4 Å². The Hall–Kier alpha value is -2.89. The van der Waals surface area contributed by atoms with E-state index in [1.54, 1.807) is 12.4 Å². The molecular weight excluding hydrogens is 266 g/mol. The van der Waals surface area contributed by atoms with Crippen molar-refractivity contribution in [2.24, 2.45) is 0 Å². The standard InChI is InChI=1S/C15H15N5O/c1-20(2)13-7-8-16-9-12(13)17-15(21)14-10-5-3-4-6-11(10)18-19-14/h3-9H,1-2H3,(H,17,21)(H,18,19). The van der Waals surface area contributed by atoms with Gasteiger partial charge >= 0.3 is 0 Å². The summed E-state index contributed by atoms with van der Waals surface area (Å²) >= 11 is 0. The smallest absolute Gasteiger partial charge is 0.276 e. The van der Waals surface area contributed by atoms with Crippen LogP contribution < -0.4 is 10.2 Å². The van der Waals surface area contributed by atoms with Crippen molar-refractivity contribution < 1.29 is 4.79 Å². The third-order valence-corrected chi connectivity index (χ3v) is 3.21. The zero-order valence-electron chi connectivity index (χ0n) is 11.8. The van der Waals surface area contributed by atoms with Gasteiger partial charge in [0.1, 0.15) is 0 Å². The molecule has 0 radical (unpaired) electrons. The molecule has 21 heavy (non-hydrogen) atoms. The van der Waals surface area contributed by atoms with Crippen molar-refractivity contribution in [3.05, 3.63) is 48.4 Å². The third-order valence-electron chi connectivity index (χ3n) is 3.21. The molecule has 1 amide bonds. The van der Waals surface area contributed by atoms with Crippen molar-refractivity contribution in [3.8, 4) is 0 Å². The summed E-state index contributed by atoms with van der Waals surface area (Å²) in [7, 11) is 3.82. The summed E-state index contributed by atoms with van der Waals surface area (Å²) in [6, 6.07) is 9.37. The molecule has 3 aromatic rings. The van der Waals surface area contributed by atoms with Gasteiger partial charge in [-0.25, -0.2) is 0 Å². The molecule has 2 aromatic heterocycles. The van der Waals surface area contributed by atoms with E-state index in [1.807, 2.05) is 49.3 Å². The minimum atomic E-state index is -0.261. The summed E-state index contributed by atoms with van der Waals surface area (Å²) in [5, 5.41) is 10.6. The molecule has 6 nitrogen and oxygen atoms in total. The molecule has 6 heteroatoms. The lowest BCUT2D eigenvalue weighted by molar-refractivity contribution is 0.102. The molecule has 0 aliphatic rings. The summed E-state index contributed by atoms with van der Waals surface area (Å²) in [5.41, 5.74) is 2.75. The van der Waals surface area contributed by atoms with Crippen LogP contribution in [-0.2, 0) is 0 Å². The Balaban J connectivity index is 1.94. The van der Waals surface area contributed by atoms with Crippen LogP contribution in [0.3, 0.4) is 0 Å². The van der Waals surface area contributed by atoms with Gasteiger partial charge in [0.25, 0.3) is 5.91 Å². The van der Waals surface area contributed by atoms with Crippen LogP contribution in [0.15, 0.2) is 42.7 Å². The molecule has 3 rings (SSSR count). The first-order chi connectivity index (χ1) is 10.2. The van der Waals surface area contributed by atoms with Crippen molar-refractivity contribution >= 4 is 28.2 Å². The molecule has 0 unspecified atom stereocenters. The van der Waals surface area contributed by atoms with Gasteiger partial charge in [-0.3, -0.25) is 14.9 Å². The average molecular weight is 281 g/mol. The topological polar surface area (TPSA) is 73.9 Å². The fourth-order valence-electron chi connectivity index (χ4n) is 2.19.